The minimum atomic E-state index is -1.81. The van der Waals surface area contributed by atoms with E-state index in [0.29, 0.717) is 5.57 Å². The van der Waals surface area contributed by atoms with Crippen LogP contribution in [-0.4, -0.2) is 79.4 Å². The van der Waals surface area contributed by atoms with Gasteiger partial charge in [-0.05, 0) is 24.8 Å². The Morgan fingerprint density at radius 1 is 1.36 bits per heavy atom. The summed E-state index contributed by atoms with van der Waals surface area (Å²) in [6.07, 6.45) is -0.417. The van der Waals surface area contributed by atoms with Crippen molar-refractivity contribution in [2.45, 2.75) is 47.3 Å². The van der Waals surface area contributed by atoms with Crippen LogP contribution in [0, 0.1) is 5.92 Å². The van der Waals surface area contributed by atoms with Gasteiger partial charge in [0, 0.05) is 11.9 Å². The van der Waals surface area contributed by atoms with Crippen LogP contribution in [0.2, 0.25) is 0 Å². The Balaban J connectivity index is 1.59. The van der Waals surface area contributed by atoms with Crippen LogP contribution in [-0.2, 0) is 28.7 Å². The lowest BCUT2D eigenvalue weighted by Crippen LogP contribution is -2.80. The zero-order valence-corrected chi connectivity index (χ0v) is 16.7. The van der Waals surface area contributed by atoms with Gasteiger partial charge in [-0.3, -0.25) is 14.4 Å². The second-order valence-corrected chi connectivity index (χ2v) is 10.1. The van der Waals surface area contributed by atoms with E-state index in [0.717, 1.165) is 4.90 Å². The molecule has 3 saturated heterocycles. The Labute approximate surface area is 168 Å². The first-order valence-electron chi connectivity index (χ1n) is 8.39. The number of amides is 2. The third-order valence-corrected chi connectivity index (χ3v) is 7.98. The van der Waals surface area contributed by atoms with Crippen molar-refractivity contribution in [2.24, 2.45) is 5.92 Å². The number of ether oxygens (including phenoxy) is 2. The molecule has 2 amide bonds. The Bertz CT molecular complexity index is 829. The van der Waals surface area contributed by atoms with E-state index in [9.17, 15) is 29.4 Å². The molecule has 4 heterocycles. The van der Waals surface area contributed by atoms with Crippen LogP contribution in [0.5, 0.6) is 0 Å². The quantitative estimate of drug-likeness (QED) is 0.221. The highest BCUT2D eigenvalue weighted by Crippen LogP contribution is 2.55. The number of hydrogen-bond acceptors (Lipinski definition) is 8. The number of β-lactam (4-membered cyclic amide) rings is 1. The van der Waals surface area contributed by atoms with Crippen molar-refractivity contribution in [1.29, 1.82) is 0 Å². The van der Waals surface area contributed by atoms with Gasteiger partial charge in [0.2, 0.25) is 5.91 Å². The molecule has 0 spiro atoms. The molecule has 3 N–H and O–H groups in total. The molecule has 6 atom stereocenters. The van der Waals surface area contributed by atoms with E-state index >= 15 is 0 Å². The molecule has 3 fully saturated rings. The van der Waals surface area contributed by atoms with E-state index in [1.54, 1.807) is 19.3 Å². The molecule has 0 aromatic rings. The molecular formula is C16H18N2O8S2. The minimum Gasteiger partial charge on any atom is -0.480 e. The predicted molar refractivity (Wildman–Crippen MR) is 97.1 cm³/mol. The molecule has 4 aliphatic heterocycles. The van der Waals surface area contributed by atoms with E-state index < -0.39 is 57.7 Å². The van der Waals surface area contributed by atoms with Crippen LogP contribution in [0.4, 0.5) is 0 Å². The second-order valence-electron chi connectivity index (χ2n) is 7.41. The minimum absolute atomic E-state index is 0.163. The fraction of sp³-hybridized carbons (Fsp3) is 0.625. The molecule has 4 rings (SSSR count). The highest BCUT2D eigenvalue weighted by Gasteiger charge is 2.73. The zero-order chi connectivity index (χ0) is 20.6. The summed E-state index contributed by atoms with van der Waals surface area (Å²) < 4.78 is 9.80. The number of hydrogen-bond donors (Lipinski definition) is 3. The van der Waals surface area contributed by atoms with E-state index in [2.05, 4.69) is 5.32 Å². The average molecular weight is 430 g/mol. The number of aliphatic carboxylic acids is 2. The standard InChI is InChI=1S/C16H18N2O8S2/c1-15(2)8(11(22)23)18-13(24)16(25-3,14(18)28-15)17-9(19)6(10(20)21)5-4-27-12-7(5)26-12/h4,6-8,12,14H,1-3H3,(H,17,19)(H,20,21)(H,22,23)/t6?,7?,8-,12?,14+,16-/m0/s1. The normalized spacial score (nSPS) is 38.0. The van der Waals surface area contributed by atoms with Crippen LogP contribution in [0.3, 0.4) is 0 Å². The van der Waals surface area contributed by atoms with Gasteiger partial charge in [0.1, 0.15) is 23.0 Å². The van der Waals surface area contributed by atoms with Gasteiger partial charge in [-0.15, -0.1) is 11.8 Å². The first-order chi connectivity index (χ1) is 13.0. The molecular weight excluding hydrogens is 412 g/mol. The number of thioether (sulfide) groups is 2. The van der Waals surface area contributed by atoms with Crippen molar-refractivity contribution in [1.82, 2.24) is 10.2 Å². The van der Waals surface area contributed by atoms with Gasteiger partial charge in [-0.25, -0.2) is 4.79 Å². The lowest BCUT2D eigenvalue weighted by Gasteiger charge is -2.51. The monoisotopic (exact) mass is 430 g/mol. The predicted octanol–water partition coefficient (Wildman–Crippen LogP) is -0.351. The van der Waals surface area contributed by atoms with Gasteiger partial charge in [-0.1, -0.05) is 11.8 Å². The number of methoxy groups -OCH3 is 1. The molecule has 0 aliphatic carbocycles. The van der Waals surface area contributed by atoms with Crippen LogP contribution in [0.25, 0.3) is 0 Å². The third kappa shape index (κ3) is 2.51. The van der Waals surface area contributed by atoms with Crippen molar-refractivity contribution >= 4 is 47.3 Å². The number of rotatable bonds is 6. The largest absolute Gasteiger partial charge is 0.480 e. The number of carbonyl (C=O) groups is 4. The maximum Gasteiger partial charge on any atom is 0.327 e. The number of nitrogens with one attached hydrogen (secondary N) is 1. The summed E-state index contributed by atoms with van der Waals surface area (Å²) in [5.41, 5.74) is -1.64. The van der Waals surface area contributed by atoms with Crippen LogP contribution in [0.15, 0.2) is 11.0 Å². The number of nitrogens with zero attached hydrogens (tertiary/aromatic N) is 1. The van der Waals surface area contributed by atoms with Gasteiger partial charge < -0.3 is 29.9 Å². The highest BCUT2D eigenvalue weighted by molar-refractivity contribution is 8.03. The first kappa shape index (κ1) is 19.6. The smallest absolute Gasteiger partial charge is 0.327 e. The fourth-order valence-corrected chi connectivity index (χ4v) is 6.65. The molecule has 10 nitrogen and oxygen atoms in total. The first-order valence-corrected chi connectivity index (χ1v) is 10.2. The van der Waals surface area contributed by atoms with Crippen molar-refractivity contribution < 1.29 is 38.9 Å². The number of carboxylic acids is 2. The SMILES string of the molecule is CO[C@@]1(NC(=O)C(C(=O)O)C2=CSC3OC23)C(=O)N2[C@@H](C(=O)O)C(C)(C)S[C@@H]21. The molecule has 0 aromatic carbocycles. The van der Waals surface area contributed by atoms with Crippen molar-refractivity contribution in [3.8, 4) is 0 Å². The average Bonchev–Trinajstić information content (AvgIpc) is 3.19. The molecule has 152 valence electrons. The van der Waals surface area contributed by atoms with Crippen LogP contribution in [0.1, 0.15) is 13.8 Å². The number of carbonyl (C=O) groups excluding carboxylic acids is 2. The van der Waals surface area contributed by atoms with Gasteiger partial charge >= 0.3 is 11.9 Å². The van der Waals surface area contributed by atoms with Crippen molar-refractivity contribution in [3.05, 3.63) is 11.0 Å². The Hall–Kier alpha value is -1.76. The van der Waals surface area contributed by atoms with Gasteiger partial charge in [-0.2, -0.15) is 0 Å². The summed E-state index contributed by atoms with van der Waals surface area (Å²) in [6, 6.07) is -1.08. The number of fused-ring (bicyclic) bond motifs is 2. The van der Waals surface area contributed by atoms with Crippen LogP contribution < -0.4 is 5.32 Å². The van der Waals surface area contributed by atoms with Crippen molar-refractivity contribution in [3.63, 3.8) is 0 Å². The van der Waals surface area contributed by atoms with E-state index in [1.807, 2.05) is 0 Å². The summed E-state index contributed by atoms with van der Waals surface area (Å²) in [4.78, 5) is 50.2. The van der Waals surface area contributed by atoms with Gasteiger partial charge in [0.05, 0.1) is 0 Å². The molecule has 0 radical (unpaired) electrons. The van der Waals surface area contributed by atoms with Crippen LogP contribution >= 0.6 is 23.5 Å². The zero-order valence-electron chi connectivity index (χ0n) is 15.1. The van der Waals surface area contributed by atoms with E-state index in [1.165, 1.54) is 30.6 Å². The molecule has 12 heteroatoms. The van der Waals surface area contributed by atoms with Crippen molar-refractivity contribution in [2.75, 3.05) is 7.11 Å². The molecule has 28 heavy (non-hydrogen) atoms. The fourth-order valence-electron chi connectivity index (χ4n) is 3.93. The summed E-state index contributed by atoms with van der Waals surface area (Å²) >= 11 is 2.49. The summed E-state index contributed by atoms with van der Waals surface area (Å²) in [5.74, 6) is -5.65. The topological polar surface area (TPSA) is 146 Å². The Kier molecular flexibility index (Phi) is 4.27. The summed E-state index contributed by atoms with van der Waals surface area (Å²) in [5, 5.41) is 22.3. The summed E-state index contributed by atoms with van der Waals surface area (Å²) in [6.45, 7) is 3.38. The van der Waals surface area contributed by atoms with E-state index in [4.69, 9.17) is 9.47 Å². The third-order valence-electron chi connectivity index (χ3n) is 5.33. The summed E-state index contributed by atoms with van der Waals surface area (Å²) in [7, 11) is 1.22. The number of epoxide rings is 1. The second kappa shape index (κ2) is 6.12. The Morgan fingerprint density at radius 2 is 2.04 bits per heavy atom. The maximum atomic E-state index is 12.8. The molecule has 0 bridgehead atoms. The Morgan fingerprint density at radius 3 is 2.50 bits per heavy atom. The molecule has 0 aromatic heterocycles. The lowest BCUT2D eigenvalue weighted by molar-refractivity contribution is -0.201. The molecule has 3 unspecified atom stereocenters. The number of carboxylic acid groups (broad SMARTS) is 2. The molecule has 0 saturated carbocycles. The van der Waals surface area contributed by atoms with Gasteiger partial charge in [0.25, 0.3) is 11.6 Å². The maximum absolute atomic E-state index is 12.8. The lowest BCUT2D eigenvalue weighted by atomic mass is 9.91. The van der Waals surface area contributed by atoms with Gasteiger partial charge in [0.15, 0.2) is 5.92 Å². The van der Waals surface area contributed by atoms with E-state index in [-0.39, 0.29) is 5.44 Å². The molecule has 4 aliphatic rings. The highest BCUT2D eigenvalue weighted by atomic mass is 32.2.